The summed E-state index contributed by atoms with van der Waals surface area (Å²) in [7, 11) is 0. The van der Waals surface area contributed by atoms with Gasteiger partial charge in [-0.3, -0.25) is 4.79 Å². The number of halogens is 1. The van der Waals surface area contributed by atoms with Crippen molar-refractivity contribution in [1.82, 2.24) is 4.98 Å². The number of hydrogen-bond donors (Lipinski definition) is 1. The summed E-state index contributed by atoms with van der Waals surface area (Å²) in [4.78, 5) is 16.2. The van der Waals surface area contributed by atoms with Crippen molar-refractivity contribution in [1.29, 1.82) is 0 Å². The van der Waals surface area contributed by atoms with Gasteiger partial charge in [-0.2, -0.15) is 0 Å². The highest BCUT2D eigenvalue weighted by atomic mass is 35.5. The van der Waals surface area contributed by atoms with Gasteiger partial charge in [-0.1, -0.05) is 72.3 Å². The maximum absolute atomic E-state index is 12.9. The first-order valence-corrected chi connectivity index (χ1v) is 9.00. The highest BCUT2D eigenvalue weighted by Crippen LogP contribution is 2.35. The number of nitrogens with one attached hydrogen (secondary N) is 1. The Morgan fingerprint density at radius 1 is 0.923 bits per heavy atom. The smallest absolute Gasteiger partial charge is 0.163 e. The third-order valence-electron chi connectivity index (χ3n) is 4.73. The molecule has 0 amide bonds. The molecular formula is C23H18ClNO. The number of carbonyl (C=O) groups excluding carboxylic acids is 1. The minimum Gasteiger partial charge on any atom is -0.361 e. The molecule has 0 aliphatic carbocycles. The Morgan fingerprint density at radius 2 is 1.69 bits per heavy atom. The largest absolute Gasteiger partial charge is 0.361 e. The van der Waals surface area contributed by atoms with Gasteiger partial charge in [-0.25, -0.2) is 0 Å². The van der Waals surface area contributed by atoms with Crippen LogP contribution in [0.5, 0.6) is 0 Å². The van der Waals surface area contributed by atoms with E-state index in [0.29, 0.717) is 11.4 Å². The number of hydrogen-bond acceptors (Lipinski definition) is 1. The number of ketones is 1. The number of Topliss-reactive ketones (excluding diaryl/α,β-unsaturated/α-hetero) is 1. The molecule has 0 aliphatic heterocycles. The third-order valence-corrected chi connectivity index (χ3v) is 4.97. The molecule has 1 heterocycles. The van der Waals surface area contributed by atoms with Gasteiger partial charge in [0.05, 0.1) is 0 Å². The van der Waals surface area contributed by atoms with Gasteiger partial charge in [0.15, 0.2) is 5.78 Å². The molecule has 3 heteroatoms. The van der Waals surface area contributed by atoms with Crippen LogP contribution >= 0.6 is 11.6 Å². The summed E-state index contributed by atoms with van der Waals surface area (Å²) in [5.41, 5.74) is 3.97. The lowest BCUT2D eigenvalue weighted by atomic mass is 9.85. The summed E-state index contributed by atoms with van der Waals surface area (Å²) in [6.07, 6.45) is 2.40. The van der Waals surface area contributed by atoms with Crippen molar-refractivity contribution in [3.63, 3.8) is 0 Å². The van der Waals surface area contributed by atoms with Crippen LogP contribution in [0.3, 0.4) is 0 Å². The van der Waals surface area contributed by atoms with Gasteiger partial charge in [-0.15, -0.1) is 0 Å². The second kappa shape index (κ2) is 7.19. The maximum atomic E-state index is 12.9. The standard InChI is InChI=1S/C23H18ClNO/c24-18-10-6-9-17(13-18)20(14-23(26)16-7-2-1-3-8-16)21-15-25-22-12-5-4-11-19(21)22/h1-13,15,20,25H,14H2. The first-order chi connectivity index (χ1) is 12.7. The molecule has 0 radical (unpaired) electrons. The van der Waals surface area contributed by atoms with Gasteiger partial charge in [0, 0.05) is 40.0 Å². The van der Waals surface area contributed by atoms with Crippen molar-refractivity contribution in [2.24, 2.45) is 0 Å². The van der Waals surface area contributed by atoms with E-state index in [4.69, 9.17) is 11.6 Å². The minimum atomic E-state index is -0.0578. The topological polar surface area (TPSA) is 32.9 Å². The molecule has 1 unspecified atom stereocenters. The van der Waals surface area contributed by atoms with E-state index in [1.807, 2.05) is 79.0 Å². The summed E-state index contributed by atoms with van der Waals surface area (Å²) in [6.45, 7) is 0. The van der Waals surface area contributed by atoms with E-state index < -0.39 is 0 Å². The van der Waals surface area contributed by atoms with E-state index in [-0.39, 0.29) is 11.7 Å². The second-order valence-corrected chi connectivity index (χ2v) is 6.83. The molecule has 4 rings (SSSR count). The van der Waals surface area contributed by atoms with Crippen molar-refractivity contribution in [3.05, 3.63) is 107 Å². The van der Waals surface area contributed by atoms with Crippen molar-refractivity contribution in [2.45, 2.75) is 12.3 Å². The molecule has 4 aromatic rings. The summed E-state index contributed by atoms with van der Waals surface area (Å²) in [5.74, 6) is 0.0680. The maximum Gasteiger partial charge on any atom is 0.163 e. The fourth-order valence-corrected chi connectivity index (χ4v) is 3.64. The Balaban J connectivity index is 1.78. The van der Waals surface area contributed by atoms with Crippen LogP contribution in [-0.4, -0.2) is 10.8 Å². The van der Waals surface area contributed by atoms with Crippen LogP contribution in [0, 0.1) is 0 Å². The van der Waals surface area contributed by atoms with Gasteiger partial charge < -0.3 is 4.98 Å². The number of aromatic nitrogens is 1. The molecule has 1 N–H and O–H groups in total. The molecule has 0 saturated heterocycles. The predicted molar refractivity (Wildman–Crippen MR) is 107 cm³/mol. The molecule has 1 aromatic heterocycles. The molecule has 1 atom stereocenters. The fraction of sp³-hybridized carbons (Fsp3) is 0.0870. The van der Waals surface area contributed by atoms with Crippen LogP contribution < -0.4 is 0 Å². The Bertz CT molecular complexity index is 1050. The zero-order valence-corrected chi connectivity index (χ0v) is 14.9. The van der Waals surface area contributed by atoms with E-state index in [9.17, 15) is 4.79 Å². The molecule has 128 valence electrons. The monoisotopic (exact) mass is 359 g/mol. The second-order valence-electron chi connectivity index (χ2n) is 6.39. The van der Waals surface area contributed by atoms with Crippen LogP contribution in [0.4, 0.5) is 0 Å². The highest BCUT2D eigenvalue weighted by molar-refractivity contribution is 6.30. The van der Waals surface area contributed by atoms with Crippen LogP contribution in [-0.2, 0) is 0 Å². The number of benzene rings is 3. The number of aromatic amines is 1. The summed E-state index contributed by atoms with van der Waals surface area (Å²) in [6, 6.07) is 25.4. The van der Waals surface area contributed by atoms with Crippen molar-refractivity contribution >= 4 is 28.3 Å². The number of rotatable bonds is 5. The average Bonchev–Trinajstić information content (AvgIpc) is 3.10. The molecule has 26 heavy (non-hydrogen) atoms. The van der Waals surface area contributed by atoms with E-state index in [1.165, 1.54) is 0 Å². The zero-order valence-electron chi connectivity index (χ0n) is 14.2. The Kier molecular flexibility index (Phi) is 4.59. The van der Waals surface area contributed by atoms with Gasteiger partial charge in [0.2, 0.25) is 0 Å². The van der Waals surface area contributed by atoms with Crippen molar-refractivity contribution in [3.8, 4) is 0 Å². The zero-order chi connectivity index (χ0) is 17.9. The first kappa shape index (κ1) is 16.6. The lowest BCUT2D eigenvalue weighted by Crippen LogP contribution is -2.09. The predicted octanol–water partition coefficient (Wildman–Crippen LogP) is 6.23. The molecular weight excluding hydrogens is 342 g/mol. The SMILES string of the molecule is O=C(CC(c1cccc(Cl)c1)c1c[nH]c2ccccc12)c1ccccc1. The van der Waals surface area contributed by atoms with E-state index in [0.717, 1.165) is 27.6 Å². The average molecular weight is 360 g/mol. The van der Waals surface area contributed by atoms with Gasteiger partial charge in [-0.05, 0) is 29.3 Å². The van der Waals surface area contributed by atoms with Crippen molar-refractivity contribution in [2.75, 3.05) is 0 Å². The first-order valence-electron chi connectivity index (χ1n) is 8.62. The number of fused-ring (bicyclic) bond motifs is 1. The number of carbonyl (C=O) groups is 1. The summed E-state index contributed by atoms with van der Waals surface area (Å²) in [5, 5.41) is 1.82. The van der Waals surface area contributed by atoms with Gasteiger partial charge in [0.25, 0.3) is 0 Å². The summed E-state index contributed by atoms with van der Waals surface area (Å²) >= 11 is 6.23. The van der Waals surface area contributed by atoms with Crippen molar-refractivity contribution < 1.29 is 4.79 Å². The van der Waals surface area contributed by atoms with E-state index in [2.05, 4.69) is 11.1 Å². The Hall–Kier alpha value is -2.84. The molecule has 0 saturated carbocycles. The normalized spacial score (nSPS) is 12.2. The van der Waals surface area contributed by atoms with E-state index >= 15 is 0 Å². The van der Waals surface area contributed by atoms with E-state index in [1.54, 1.807) is 0 Å². The molecule has 2 nitrogen and oxygen atoms in total. The molecule has 0 aliphatic rings. The molecule has 0 fully saturated rings. The highest BCUT2D eigenvalue weighted by Gasteiger charge is 2.22. The van der Waals surface area contributed by atoms with Gasteiger partial charge in [0.1, 0.15) is 0 Å². The Labute approximate surface area is 157 Å². The number of para-hydroxylation sites is 1. The van der Waals surface area contributed by atoms with Gasteiger partial charge >= 0.3 is 0 Å². The quantitative estimate of drug-likeness (QED) is 0.421. The van der Waals surface area contributed by atoms with Crippen LogP contribution in [0.15, 0.2) is 85.1 Å². The summed E-state index contributed by atoms with van der Waals surface area (Å²) < 4.78 is 0. The molecule has 3 aromatic carbocycles. The van der Waals surface area contributed by atoms with Crippen LogP contribution in [0.1, 0.15) is 33.8 Å². The third kappa shape index (κ3) is 3.29. The van der Waals surface area contributed by atoms with Crippen LogP contribution in [0.25, 0.3) is 10.9 Å². The lowest BCUT2D eigenvalue weighted by Gasteiger charge is -2.17. The minimum absolute atomic E-state index is 0.0578. The fourth-order valence-electron chi connectivity index (χ4n) is 3.44. The lowest BCUT2D eigenvalue weighted by molar-refractivity contribution is 0.0978. The Morgan fingerprint density at radius 3 is 2.50 bits per heavy atom. The molecule has 0 bridgehead atoms. The van der Waals surface area contributed by atoms with Crippen LogP contribution in [0.2, 0.25) is 5.02 Å². The number of H-pyrrole nitrogens is 1. The molecule has 0 spiro atoms.